The van der Waals surface area contributed by atoms with Gasteiger partial charge in [0.2, 0.25) is 0 Å². The Morgan fingerprint density at radius 3 is 2.40 bits per heavy atom. The number of methoxy groups -OCH3 is 1. The third-order valence-electron chi connectivity index (χ3n) is 6.21. The average Bonchev–Trinajstić information content (AvgIpc) is 2.54. The summed E-state index contributed by atoms with van der Waals surface area (Å²) in [6.07, 6.45) is 12.1. The third-order valence-corrected chi connectivity index (χ3v) is 6.21. The van der Waals surface area contributed by atoms with Crippen molar-refractivity contribution in [3.63, 3.8) is 0 Å². The van der Waals surface area contributed by atoms with Crippen molar-refractivity contribution in [1.29, 1.82) is 0 Å². The average molecular weight is 282 g/mol. The minimum absolute atomic E-state index is 0.0801. The Morgan fingerprint density at radius 2 is 1.85 bits per heavy atom. The number of hydrogen-bond acceptors (Lipinski definition) is 3. The van der Waals surface area contributed by atoms with Crippen molar-refractivity contribution in [2.75, 3.05) is 20.7 Å². The molecular formula is C17H34N2O. The Morgan fingerprint density at radius 1 is 1.15 bits per heavy atom. The maximum absolute atomic E-state index is 6.24. The zero-order chi connectivity index (χ0) is 14.6. The number of likely N-dealkylation sites (N-methyl/N-ethyl adjacent to an activating group) is 1. The molecule has 2 unspecified atom stereocenters. The van der Waals surface area contributed by atoms with Gasteiger partial charge in [0.15, 0.2) is 0 Å². The molecule has 2 saturated carbocycles. The zero-order valence-electron chi connectivity index (χ0n) is 13.7. The fourth-order valence-electron chi connectivity index (χ4n) is 4.61. The maximum Gasteiger partial charge on any atom is 0.0767 e. The van der Waals surface area contributed by atoms with Crippen molar-refractivity contribution in [3.8, 4) is 0 Å². The topological polar surface area (TPSA) is 38.5 Å². The number of hydrogen-bond donors (Lipinski definition) is 1. The molecule has 118 valence electrons. The van der Waals surface area contributed by atoms with E-state index in [-0.39, 0.29) is 5.54 Å². The normalized spacial score (nSPS) is 39.1. The molecule has 0 bridgehead atoms. The largest absolute Gasteiger partial charge is 0.379 e. The summed E-state index contributed by atoms with van der Waals surface area (Å²) in [6.45, 7) is 3.06. The minimum atomic E-state index is 0.0801. The van der Waals surface area contributed by atoms with Crippen LogP contribution in [-0.4, -0.2) is 43.3 Å². The van der Waals surface area contributed by atoms with Crippen LogP contribution in [0.3, 0.4) is 0 Å². The first kappa shape index (κ1) is 16.3. The Balaban J connectivity index is 2.06. The first-order chi connectivity index (χ1) is 9.67. The van der Waals surface area contributed by atoms with E-state index >= 15 is 0 Å². The van der Waals surface area contributed by atoms with Gasteiger partial charge in [-0.2, -0.15) is 0 Å². The van der Waals surface area contributed by atoms with Crippen LogP contribution < -0.4 is 5.73 Å². The Kier molecular flexibility index (Phi) is 5.88. The van der Waals surface area contributed by atoms with E-state index in [2.05, 4.69) is 18.9 Å². The molecule has 2 fully saturated rings. The Labute approximate surface area is 125 Å². The van der Waals surface area contributed by atoms with E-state index < -0.39 is 0 Å². The quantitative estimate of drug-likeness (QED) is 0.841. The van der Waals surface area contributed by atoms with E-state index in [1.807, 2.05) is 7.11 Å². The molecule has 2 rings (SSSR count). The van der Waals surface area contributed by atoms with Gasteiger partial charge in [0.05, 0.1) is 11.6 Å². The van der Waals surface area contributed by atoms with Crippen molar-refractivity contribution in [2.24, 2.45) is 11.7 Å². The Bertz CT molecular complexity index is 289. The molecule has 0 saturated heterocycles. The summed E-state index contributed by atoms with van der Waals surface area (Å²) in [5, 5.41) is 0. The molecule has 2 atom stereocenters. The van der Waals surface area contributed by atoms with E-state index in [1.165, 1.54) is 57.8 Å². The molecule has 0 aromatic rings. The monoisotopic (exact) mass is 282 g/mol. The van der Waals surface area contributed by atoms with Crippen LogP contribution in [0.2, 0.25) is 0 Å². The second-order valence-electron chi connectivity index (χ2n) is 6.97. The summed E-state index contributed by atoms with van der Waals surface area (Å²) in [7, 11) is 4.17. The lowest BCUT2D eigenvalue weighted by molar-refractivity contribution is -0.0866. The fraction of sp³-hybridized carbons (Fsp3) is 1.00. The second-order valence-corrected chi connectivity index (χ2v) is 6.97. The summed E-state index contributed by atoms with van der Waals surface area (Å²) in [4.78, 5) is 2.62. The zero-order valence-corrected chi connectivity index (χ0v) is 13.7. The van der Waals surface area contributed by atoms with Crippen LogP contribution >= 0.6 is 0 Å². The van der Waals surface area contributed by atoms with Crippen LogP contribution in [0.25, 0.3) is 0 Å². The lowest BCUT2D eigenvalue weighted by Gasteiger charge is -2.52. The molecule has 2 aliphatic rings. The molecule has 0 heterocycles. The van der Waals surface area contributed by atoms with Gasteiger partial charge >= 0.3 is 0 Å². The molecule has 0 aromatic heterocycles. The predicted molar refractivity (Wildman–Crippen MR) is 84.9 cm³/mol. The van der Waals surface area contributed by atoms with Gasteiger partial charge in [-0.15, -0.1) is 0 Å². The highest BCUT2D eigenvalue weighted by atomic mass is 16.5. The highest BCUT2D eigenvalue weighted by molar-refractivity contribution is 5.02. The molecule has 0 radical (unpaired) electrons. The molecule has 20 heavy (non-hydrogen) atoms. The molecule has 3 heteroatoms. The second kappa shape index (κ2) is 7.24. The maximum atomic E-state index is 6.24. The van der Waals surface area contributed by atoms with Crippen LogP contribution in [0, 0.1) is 5.92 Å². The standard InChI is InChI=1S/C17H34N2O/c1-4-14-8-10-15(11-9-14)19(2)17(13-18)12-6-5-7-16(17)20-3/h14-16H,4-13,18H2,1-3H3. The molecular weight excluding hydrogens is 248 g/mol. The highest BCUT2D eigenvalue weighted by Crippen LogP contribution is 2.39. The van der Waals surface area contributed by atoms with Gasteiger partial charge < -0.3 is 10.5 Å². The summed E-state index contributed by atoms with van der Waals surface area (Å²) in [5.41, 5.74) is 6.32. The predicted octanol–water partition coefficient (Wildman–Crippen LogP) is 3.17. The van der Waals surface area contributed by atoms with Crippen molar-refractivity contribution in [1.82, 2.24) is 4.90 Å². The fourth-order valence-corrected chi connectivity index (χ4v) is 4.61. The highest BCUT2D eigenvalue weighted by Gasteiger charge is 2.45. The number of ether oxygens (including phenoxy) is 1. The van der Waals surface area contributed by atoms with Crippen molar-refractivity contribution in [2.45, 2.75) is 82.4 Å². The van der Waals surface area contributed by atoms with Gasteiger partial charge in [-0.25, -0.2) is 0 Å². The molecule has 0 aliphatic heterocycles. The molecule has 0 aromatic carbocycles. The summed E-state index contributed by atoms with van der Waals surface area (Å²) in [5.74, 6) is 0.957. The lowest BCUT2D eigenvalue weighted by Crippen LogP contribution is -2.64. The van der Waals surface area contributed by atoms with E-state index in [0.717, 1.165) is 12.5 Å². The molecule has 2 N–H and O–H groups in total. The van der Waals surface area contributed by atoms with Crippen LogP contribution in [0.15, 0.2) is 0 Å². The molecule has 3 nitrogen and oxygen atoms in total. The third kappa shape index (κ3) is 3.05. The van der Waals surface area contributed by atoms with Crippen molar-refractivity contribution in [3.05, 3.63) is 0 Å². The van der Waals surface area contributed by atoms with E-state index in [9.17, 15) is 0 Å². The lowest BCUT2D eigenvalue weighted by atomic mass is 9.75. The summed E-state index contributed by atoms with van der Waals surface area (Å²) in [6, 6.07) is 0.706. The summed E-state index contributed by atoms with van der Waals surface area (Å²) >= 11 is 0. The first-order valence-corrected chi connectivity index (χ1v) is 8.63. The van der Waals surface area contributed by atoms with E-state index in [0.29, 0.717) is 12.1 Å². The van der Waals surface area contributed by atoms with Crippen molar-refractivity contribution >= 4 is 0 Å². The molecule has 0 spiro atoms. The van der Waals surface area contributed by atoms with Crippen LogP contribution in [0.1, 0.15) is 64.7 Å². The van der Waals surface area contributed by atoms with Gasteiger partial charge in [-0.05, 0) is 51.5 Å². The van der Waals surface area contributed by atoms with Gasteiger partial charge in [0.25, 0.3) is 0 Å². The minimum Gasteiger partial charge on any atom is -0.379 e. The summed E-state index contributed by atoms with van der Waals surface area (Å²) < 4.78 is 5.83. The first-order valence-electron chi connectivity index (χ1n) is 8.63. The van der Waals surface area contributed by atoms with Gasteiger partial charge in [-0.1, -0.05) is 26.2 Å². The van der Waals surface area contributed by atoms with Crippen LogP contribution in [-0.2, 0) is 4.74 Å². The van der Waals surface area contributed by atoms with E-state index in [4.69, 9.17) is 10.5 Å². The number of nitrogens with zero attached hydrogens (tertiary/aromatic N) is 1. The van der Waals surface area contributed by atoms with Gasteiger partial charge in [-0.3, -0.25) is 4.90 Å². The SMILES string of the molecule is CCC1CCC(N(C)C2(CN)CCCCC2OC)CC1. The molecule has 0 amide bonds. The van der Waals surface area contributed by atoms with Crippen LogP contribution in [0.5, 0.6) is 0 Å². The smallest absolute Gasteiger partial charge is 0.0767 e. The number of nitrogens with two attached hydrogens (primary N) is 1. The molecule has 2 aliphatic carbocycles. The Hall–Kier alpha value is -0.120. The van der Waals surface area contributed by atoms with Gasteiger partial charge in [0.1, 0.15) is 0 Å². The van der Waals surface area contributed by atoms with Crippen molar-refractivity contribution < 1.29 is 4.74 Å². The van der Waals surface area contributed by atoms with Gasteiger partial charge in [0, 0.05) is 19.7 Å². The van der Waals surface area contributed by atoms with E-state index in [1.54, 1.807) is 0 Å². The van der Waals surface area contributed by atoms with Crippen LogP contribution in [0.4, 0.5) is 0 Å². The number of rotatable bonds is 5.